The molecule has 0 unspecified atom stereocenters. The Bertz CT molecular complexity index is 163. The summed E-state index contributed by atoms with van der Waals surface area (Å²) >= 11 is 0. The van der Waals surface area contributed by atoms with Gasteiger partial charge >= 0.3 is 0 Å². The van der Waals surface area contributed by atoms with Crippen LogP contribution < -0.4 is 0 Å². The van der Waals surface area contributed by atoms with E-state index in [1.54, 1.807) is 0 Å². The summed E-state index contributed by atoms with van der Waals surface area (Å²) in [6.45, 7) is 0.250. The minimum atomic E-state index is 0.250. The van der Waals surface area contributed by atoms with E-state index >= 15 is 0 Å². The van der Waals surface area contributed by atoms with E-state index < -0.39 is 0 Å². The van der Waals surface area contributed by atoms with Crippen molar-refractivity contribution in [2.45, 2.75) is 25.7 Å². The van der Waals surface area contributed by atoms with E-state index in [-0.39, 0.29) is 6.61 Å². The van der Waals surface area contributed by atoms with Crippen LogP contribution >= 0.6 is 0 Å². The Morgan fingerprint density at radius 3 is 2.82 bits per heavy atom. The van der Waals surface area contributed by atoms with Gasteiger partial charge in [0.1, 0.15) is 6.21 Å². The minimum Gasteiger partial charge on any atom is -0.382 e. The Balaban J connectivity index is 2.09. The first-order valence-electron chi connectivity index (χ1n) is 3.94. The van der Waals surface area contributed by atoms with Gasteiger partial charge < -0.3 is 4.84 Å². The predicted molar refractivity (Wildman–Crippen MR) is 44.2 cm³/mol. The zero-order valence-electron chi connectivity index (χ0n) is 6.55. The highest BCUT2D eigenvalue weighted by molar-refractivity contribution is 5.60. The van der Waals surface area contributed by atoms with Gasteiger partial charge in [0.15, 0.2) is 6.61 Å². The van der Waals surface area contributed by atoms with Crippen LogP contribution in [0.15, 0.2) is 5.16 Å². The molecular weight excluding hydrogens is 138 g/mol. The highest BCUT2D eigenvalue weighted by atomic mass is 16.6. The first kappa shape index (κ1) is 8.13. The Morgan fingerprint density at radius 2 is 2.18 bits per heavy atom. The van der Waals surface area contributed by atoms with E-state index in [0.29, 0.717) is 5.92 Å². The molecular formula is C9H12NO. The van der Waals surface area contributed by atoms with Crippen LogP contribution in [0.5, 0.6) is 0 Å². The maximum atomic E-state index is 4.96. The van der Waals surface area contributed by atoms with Crippen molar-refractivity contribution in [1.29, 1.82) is 0 Å². The summed E-state index contributed by atoms with van der Waals surface area (Å²) in [6.07, 6.45) is 12.9. The van der Waals surface area contributed by atoms with Crippen molar-refractivity contribution in [1.82, 2.24) is 0 Å². The van der Waals surface area contributed by atoms with Gasteiger partial charge in [-0.25, -0.2) is 0 Å². The normalized spacial score (nSPS) is 18.8. The van der Waals surface area contributed by atoms with Crippen LogP contribution in [0.1, 0.15) is 25.7 Å². The van der Waals surface area contributed by atoms with Crippen molar-refractivity contribution in [3.8, 4) is 12.3 Å². The second-order valence-electron chi connectivity index (χ2n) is 2.68. The number of hydrogen-bond acceptors (Lipinski definition) is 2. The van der Waals surface area contributed by atoms with Crippen molar-refractivity contribution in [2.75, 3.05) is 6.61 Å². The Morgan fingerprint density at radius 1 is 1.45 bits per heavy atom. The first-order chi connectivity index (χ1) is 5.43. The third-order valence-corrected chi connectivity index (χ3v) is 1.80. The van der Waals surface area contributed by atoms with Gasteiger partial charge in [0.25, 0.3) is 0 Å². The fourth-order valence-electron chi connectivity index (χ4n) is 1.24. The molecule has 0 spiro atoms. The minimum absolute atomic E-state index is 0.250. The Labute approximate surface area is 67.6 Å². The molecule has 0 heterocycles. The molecule has 1 radical (unpaired) electrons. The average molecular weight is 150 g/mol. The fourth-order valence-corrected chi connectivity index (χ4v) is 1.24. The largest absolute Gasteiger partial charge is 0.382 e. The van der Waals surface area contributed by atoms with Crippen molar-refractivity contribution < 1.29 is 4.84 Å². The van der Waals surface area contributed by atoms with Crippen LogP contribution in [0.2, 0.25) is 0 Å². The van der Waals surface area contributed by atoms with Gasteiger partial charge in [0, 0.05) is 5.92 Å². The Kier molecular flexibility index (Phi) is 3.54. The highest BCUT2D eigenvalue weighted by Gasteiger charge is 2.12. The molecule has 0 aromatic carbocycles. The van der Waals surface area contributed by atoms with E-state index in [9.17, 15) is 0 Å². The molecule has 11 heavy (non-hydrogen) atoms. The summed E-state index contributed by atoms with van der Waals surface area (Å²) < 4.78 is 0. The van der Waals surface area contributed by atoms with Crippen molar-refractivity contribution in [2.24, 2.45) is 11.1 Å². The fraction of sp³-hybridized carbons (Fsp3) is 0.667. The molecule has 0 atom stereocenters. The van der Waals surface area contributed by atoms with Gasteiger partial charge in [-0.1, -0.05) is 23.9 Å². The molecule has 0 N–H and O–H groups in total. The molecule has 1 rings (SSSR count). The molecule has 0 aromatic heterocycles. The molecule has 1 aliphatic carbocycles. The predicted octanol–water partition coefficient (Wildman–Crippen LogP) is 1.69. The maximum Gasteiger partial charge on any atom is 0.177 e. The van der Waals surface area contributed by atoms with Gasteiger partial charge in [0.05, 0.1) is 0 Å². The Hall–Kier alpha value is -0.970. The molecule has 2 nitrogen and oxygen atoms in total. The van der Waals surface area contributed by atoms with Crippen LogP contribution in [0.3, 0.4) is 0 Å². The van der Waals surface area contributed by atoms with Crippen LogP contribution in [-0.4, -0.2) is 12.8 Å². The molecule has 0 aliphatic heterocycles. The third kappa shape index (κ3) is 3.08. The summed E-state index contributed by atoms with van der Waals surface area (Å²) in [6, 6.07) is 0. The van der Waals surface area contributed by atoms with Crippen LogP contribution in [0.25, 0.3) is 0 Å². The lowest BCUT2D eigenvalue weighted by atomic mass is 10.1. The lowest BCUT2D eigenvalue weighted by Crippen LogP contribution is -1.94. The van der Waals surface area contributed by atoms with E-state index in [0.717, 1.165) is 0 Å². The molecule has 59 valence electrons. The summed E-state index contributed by atoms with van der Waals surface area (Å²) in [7, 11) is 0. The molecule has 1 aliphatic rings. The molecule has 0 bridgehead atoms. The maximum absolute atomic E-state index is 4.96. The van der Waals surface area contributed by atoms with E-state index in [4.69, 9.17) is 11.3 Å². The smallest absolute Gasteiger partial charge is 0.177 e. The lowest BCUT2D eigenvalue weighted by molar-refractivity contribution is 0.180. The lowest BCUT2D eigenvalue weighted by Gasteiger charge is -1.96. The van der Waals surface area contributed by atoms with E-state index in [1.807, 2.05) is 0 Å². The zero-order chi connectivity index (χ0) is 7.94. The van der Waals surface area contributed by atoms with Crippen LogP contribution in [-0.2, 0) is 4.84 Å². The molecule has 1 saturated carbocycles. The first-order valence-corrected chi connectivity index (χ1v) is 3.94. The molecule has 1 fully saturated rings. The second kappa shape index (κ2) is 4.79. The van der Waals surface area contributed by atoms with Crippen molar-refractivity contribution in [3.63, 3.8) is 0 Å². The standard InChI is InChI=1S/C9H12NO/c1-2-7-11-10-8-9-5-3-4-6-9/h1,9H,3-7H2. The summed E-state index contributed by atoms with van der Waals surface area (Å²) in [5.74, 6) is 2.84. The summed E-state index contributed by atoms with van der Waals surface area (Å²) in [4.78, 5) is 4.72. The molecule has 0 aromatic rings. The third-order valence-electron chi connectivity index (χ3n) is 1.80. The highest BCUT2D eigenvalue weighted by Crippen LogP contribution is 2.22. The van der Waals surface area contributed by atoms with Crippen molar-refractivity contribution >= 4 is 6.21 Å². The van der Waals surface area contributed by atoms with Gasteiger partial charge in [0.2, 0.25) is 0 Å². The second-order valence-corrected chi connectivity index (χ2v) is 2.68. The monoisotopic (exact) mass is 150 g/mol. The molecule has 0 amide bonds. The number of terminal acetylenes is 1. The average Bonchev–Trinajstić information content (AvgIpc) is 2.50. The van der Waals surface area contributed by atoms with Gasteiger partial charge in [-0.3, -0.25) is 0 Å². The SMILES string of the molecule is C#CCO/N=[C]/C1CCCC1. The number of rotatable bonds is 3. The number of hydrogen-bond donors (Lipinski definition) is 0. The van der Waals surface area contributed by atoms with Crippen LogP contribution in [0.4, 0.5) is 0 Å². The zero-order valence-corrected chi connectivity index (χ0v) is 6.55. The summed E-state index contributed by atoms with van der Waals surface area (Å²) in [5, 5.41) is 3.65. The number of nitrogens with zero attached hydrogens (tertiary/aromatic N) is 1. The van der Waals surface area contributed by atoms with Crippen molar-refractivity contribution in [3.05, 3.63) is 0 Å². The molecule has 0 saturated heterocycles. The van der Waals surface area contributed by atoms with Gasteiger partial charge in [-0.2, -0.15) is 0 Å². The van der Waals surface area contributed by atoms with Gasteiger partial charge in [-0.05, 0) is 12.8 Å². The summed E-state index contributed by atoms with van der Waals surface area (Å²) in [5.41, 5.74) is 0. The quantitative estimate of drug-likeness (QED) is 0.259. The van der Waals surface area contributed by atoms with Crippen LogP contribution in [0, 0.1) is 18.3 Å². The molecule has 2 heteroatoms. The van der Waals surface area contributed by atoms with Gasteiger partial charge in [-0.15, -0.1) is 6.42 Å². The topological polar surface area (TPSA) is 21.6 Å². The van der Waals surface area contributed by atoms with E-state index in [2.05, 4.69) is 17.3 Å². The van der Waals surface area contributed by atoms with E-state index in [1.165, 1.54) is 25.7 Å².